The van der Waals surface area contributed by atoms with Gasteiger partial charge >= 0.3 is 0 Å². The molecule has 0 aliphatic carbocycles. The first-order valence-corrected chi connectivity index (χ1v) is 8.44. The Hall–Kier alpha value is -2.92. The van der Waals surface area contributed by atoms with Gasteiger partial charge < -0.3 is 10.6 Å². The van der Waals surface area contributed by atoms with Crippen LogP contribution in [0.5, 0.6) is 0 Å². The van der Waals surface area contributed by atoms with E-state index in [2.05, 4.69) is 33.9 Å². The van der Waals surface area contributed by atoms with E-state index in [1.54, 1.807) is 10.9 Å². The minimum Gasteiger partial charge on any atom is -0.350 e. The topological polar surface area (TPSA) is 59.0 Å². The molecule has 1 atom stereocenters. The summed E-state index contributed by atoms with van der Waals surface area (Å²) in [6.45, 7) is 2.34. The van der Waals surface area contributed by atoms with Crippen LogP contribution in [0.2, 0.25) is 0 Å². The second-order valence-corrected chi connectivity index (χ2v) is 6.22. The smallest absolute Gasteiger partial charge is 0.249 e. The average molecular weight is 332 g/mol. The monoisotopic (exact) mass is 332 g/mol. The van der Waals surface area contributed by atoms with Gasteiger partial charge in [0.25, 0.3) is 0 Å². The molecule has 5 nitrogen and oxygen atoms in total. The Morgan fingerprint density at radius 1 is 1.12 bits per heavy atom. The lowest BCUT2D eigenvalue weighted by atomic mass is 10.0. The lowest BCUT2D eigenvalue weighted by Crippen LogP contribution is -2.33. The van der Waals surface area contributed by atoms with E-state index in [4.69, 9.17) is 0 Å². The van der Waals surface area contributed by atoms with Gasteiger partial charge in [0, 0.05) is 32.0 Å². The number of carbonyl (C=O) groups excluding carboxylic acids is 1. The maximum atomic E-state index is 12.9. The van der Waals surface area contributed by atoms with E-state index in [1.165, 1.54) is 11.1 Å². The molecule has 0 spiro atoms. The van der Waals surface area contributed by atoms with Crippen molar-refractivity contribution in [3.8, 4) is 0 Å². The lowest BCUT2D eigenvalue weighted by Gasteiger charge is -2.18. The number of hydrogen-bond donors (Lipinski definition) is 2. The van der Waals surface area contributed by atoms with Gasteiger partial charge in [0.2, 0.25) is 5.91 Å². The molecule has 0 bridgehead atoms. The van der Waals surface area contributed by atoms with Crippen molar-refractivity contribution in [3.63, 3.8) is 0 Å². The molecular weight excluding hydrogens is 312 g/mol. The predicted octanol–water partition coefficient (Wildman–Crippen LogP) is 2.39. The molecule has 2 heterocycles. The van der Waals surface area contributed by atoms with E-state index >= 15 is 0 Å². The summed E-state index contributed by atoms with van der Waals surface area (Å²) in [5.41, 5.74) is 4.69. The van der Waals surface area contributed by atoms with Gasteiger partial charge in [0.05, 0.1) is 0 Å². The third kappa shape index (κ3) is 3.32. The fourth-order valence-electron chi connectivity index (χ4n) is 3.24. The number of nitrogens with zero attached hydrogens (tertiary/aromatic N) is 2. The van der Waals surface area contributed by atoms with Crippen molar-refractivity contribution >= 4 is 5.91 Å². The van der Waals surface area contributed by atoms with Gasteiger partial charge in [-0.1, -0.05) is 48.5 Å². The molecule has 0 saturated carbocycles. The summed E-state index contributed by atoms with van der Waals surface area (Å²) in [6.07, 6.45) is 3.51. The molecule has 2 N–H and O–H groups in total. The van der Waals surface area contributed by atoms with E-state index in [1.807, 2.05) is 42.6 Å². The first-order chi connectivity index (χ1) is 12.3. The van der Waals surface area contributed by atoms with Crippen LogP contribution in [0.4, 0.5) is 0 Å². The number of carbonyl (C=O) groups is 1. The molecule has 5 heteroatoms. The molecule has 1 aliphatic heterocycles. The molecule has 2 aromatic carbocycles. The summed E-state index contributed by atoms with van der Waals surface area (Å²) < 4.78 is 1.69. The summed E-state index contributed by atoms with van der Waals surface area (Å²) in [6, 6.07) is 17.5. The zero-order valence-corrected chi connectivity index (χ0v) is 13.9. The standard InChI is InChI=1S/C20H20N4O/c25-20(22-12-15-7-8-17-13-21-14-18(17)11-15)19(24-10-4-9-23-24)16-5-2-1-3-6-16/h1-11,19,21H,12-14H2,(H,22,25). The largest absolute Gasteiger partial charge is 0.350 e. The second kappa shape index (κ2) is 6.91. The van der Waals surface area contributed by atoms with Crippen LogP contribution in [0.3, 0.4) is 0 Å². The van der Waals surface area contributed by atoms with Gasteiger partial charge in [-0.3, -0.25) is 9.48 Å². The van der Waals surface area contributed by atoms with E-state index in [0.717, 1.165) is 24.2 Å². The summed E-state index contributed by atoms with van der Waals surface area (Å²) in [5, 5.41) is 10.7. The zero-order valence-electron chi connectivity index (χ0n) is 13.9. The van der Waals surface area contributed by atoms with Gasteiger partial charge in [0.15, 0.2) is 6.04 Å². The number of benzene rings is 2. The Kier molecular flexibility index (Phi) is 4.31. The molecule has 25 heavy (non-hydrogen) atoms. The van der Waals surface area contributed by atoms with Crippen LogP contribution >= 0.6 is 0 Å². The molecular formula is C20H20N4O. The number of hydrogen-bond acceptors (Lipinski definition) is 3. The Balaban J connectivity index is 1.51. The van der Waals surface area contributed by atoms with Gasteiger partial charge in [-0.15, -0.1) is 0 Å². The van der Waals surface area contributed by atoms with Crippen molar-refractivity contribution in [1.29, 1.82) is 0 Å². The average Bonchev–Trinajstić information content (AvgIpc) is 3.32. The number of fused-ring (bicyclic) bond motifs is 1. The minimum atomic E-state index is -0.465. The van der Waals surface area contributed by atoms with Crippen molar-refractivity contribution in [2.24, 2.45) is 0 Å². The molecule has 4 rings (SSSR count). The molecule has 3 aromatic rings. The van der Waals surface area contributed by atoms with Crippen LogP contribution in [0.1, 0.15) is 28.3 Å². The lowest BCUT2D eigenvalue weighted by molar-refractivity contribution is -0.123. The Morgan fingerprint density at radius 3 is 2.76 bits per heavy atom. The molecule has 126 valence electrons. The zero-order chi connectivity index (χ0) is 17.1. The van der Waals surface area contributed by atoms with Gasteiger partial charge in [-0.2, -0.15) is 5.10 Å². The van der Waals surface area contributed by atoms with Crippen LogP contribution in [0.15, 0.2) is 67.0 Å². The van der Waals surface area contributed by atoms with Crippen LogP contribution < -0.4 is 10.6 Å². The molecule has 1 aliphatic rings. The van der Waals surface area contributed by atoms with Crippen molar-refractivity contribution in [2.75, 3.05) is 0 Å². The highest BCUT2D eigenvalue weighted by atomic mass is 16.2. The third-order valence-electron chi connectivity index (χ3n) is 4.52. The third-order valence-corrected chi connectivity index (χ3v) is 4.52. The summed E-state index contributed by atoms with van der Waals surface area (Å²) in [4.78, 5) is 12.9. The van der Waals surface area contributed by atoms with Crippen LogP contribution in [-0.2, 0) is 24.4 Å². The van der Waals surface area contributed by atoms with Crippen molar-refractivity contribution in [3.05, 3.63) is 89.2 Å². The van der Waals surface area contributed by atoms with Gasteiger partial charge in [-0.05, 0) is 28.3 Å². The highest BCUT2D eigenvalue weighted by molar-refractivity contribution is 5.83. The Labute approximate surface area is 146 Å². The second-order valence-electron chi connectivity index (χ2n) is 6.22. The van der Waals surface area contributed by atoms with Crippen LogP contribution in [-0.4, -0.2) is 15.7 Å². The van der Waals surface area contributed by atoms with E-state index in [-0.39, 0.29) is 5.91 Å². The van der Waals surface area contributed by atoms with E-state index in [0.29, 0.717) is 6.54 Å². The maximum Gasteiger partial charge on any atom is 0.249 e. The van der Waals surface area contributed by atoms with Gasteiger partial charge in [-0.25, -0.2) is 0 Å². The number of amides is 1. The molecule has 1 aromatic heterocycles. The Bertz CT molecular complexity index is 859. The predicted molar refractivity (Wildman–Crippen MR) is 95.6 cm³/mol. The fraction of sp³-hybridized carbons (Fsp3) is 0.200. The highest BCUT2D eigenvalue weighted by Crippen LogP contribution is 2.19. The summed E-state index contributed by atoms with van der Waals surface area (Å²) in [5.74, 6) is -0.0616. The maximum absolute atomic E-state index is 12.9. The van der Waals surface area contributed by atoms with Gasteiger partial charge in [0.1, 0.15) is 0 Å². The summed E-state index contributed by atoms with van der Waals surface area (Å²) in [7, 11) is 0. The molecule has 1 unspecified atom stereocenters. The van der Waals surface area contributed by atoms with E-state index < -0.39 is 6.04 Å². The molecule has 1 amide bonds. The number of rotatable bonds is 5. The quantitative estimate of drug-likeness (QED) is 0.754. The minimum absolute atomic E-state index is 0.0616. The SMILES string of the molecule is O=C(NCc1ccc2c(c1)CNC2)C(c1ccccc1)n1cccn1. The van der Waals surface area contributed by atoms with Crippen LogP contribution in [0, 0.1) is 0 Å². The first-order valence-electron chi connectivity index (χ1n) is 8.44. The first kappa shape index (κ1) is 15.6. The highest BCUT2D eigenvalue weighted by Gasteiger charge is 2.22. The van der Waals surface area contributed by atoms with Crippen LogP contribution in [0.25, 0.3) is 0 Å². The van der Waals surface area contributed by atoms with Crippen molar-refractivity contribution in [2.45, 2.75) is 25.7 Å². The normalized spacial score (nSPS) is 14.1. The molecule has 0 radical (unpaired) electrons. The van der Waals surface area contributed by atoms with Crippen molar-refractivity contribution in [1.82, 2.24) is 20.4 Å². The number of aromatic nitrogens is 2. The van der Waals surface area contributed by atoms with E-state index in [9.17, 15) is 4.79 Å². The molecule has 0 saturated heterocycles. The fourth-order valence-corrected chi connectivity index (χ4v) is 3.24. The van der Waals surface area contributed by atoms with Crippen molar-refractivity contribution < 1.29 is 4.79 Å². The number of nitrogens with one attached hydrogen (secondary N) is 2. The Morgan fingerprint density at radius 2 is 1.96 bits per heavy atom. The summed E-state index contributed by atoms with van der Waals surface area (Å²) >= 11 is 0. The molecule has 0 fully saturated rings.